The minimum atomic E-state index is -4.30. The summed E-state index contributed by atoms with van der Waals surface area (Å²) in [6, 6.07) is 3.77. The minimum Gasteiger partial charge on any atom is -0.361 e. The molecule has 1 aromatic heterocycles. The molecular formula is C14H17BrCl2F3N3. The van der Waals surface area contributed by atoms with Crippen LogP contribution in [0, 0.1) is 0 Å². The van der Waals surface area contributed by atoms with Gasteiger partial charge in [-0.3, -0.25) is 4.90 Å². The number of aromatic amines is 1. The lowest BCUT2D eigenvalue weighted by Gasteiger charge is -2.35. The maximum Gasteiger partial charge on any atom is 0.408 e. The van der Waals surface area contributed by atoms with Gasteiger partial charge in [0, 0.05) is 53.3 Å². The summed E-state index contributed by atoms with van der Waals surface area (Å²) in [6.07, 6.45) is -2.81. The molecule has 1 aliphatic rings. The fourth-order valence-corrected chi connectivity index (χ4v) is 3.22. The van der Waals surface area contributed by atoms with Gasteiger partial charge in [0.2, 0.25) is 0 Å². The van der Waals surface area contributed by atoms with Crippen molar-refractivity contribution in [2.75, 3.05) is 26.2 Å². The average Bonchev–Trinajstić information content (AvgIpc) is 2.82. The van der Waals surface area contributed by atoms with Gasteiger partial charge in [-0.15, -0.1) is 24.8 Å². The summed E-state index contributed by atoms with van der Waals surface area (Å²) in [4.78, 5) is 4.44. The third kappa shape index (κ3) is 4.33. The highest BCUT2D eigenvalue weighted by Crippen LogP contribution is 2.41. The van der Waals surface area contributed by atoms with Crippen LogP contribution >= 0.6 is 40.7 Å². The molecule has 1 atom stereocenters. The van der Waals surface area contributed by atoms with Crippen LogP contribution in [0.25, 0.3) is 10.9 Å². The van der Waals surface area contributed by atoms with Gasteiger partial charge in [-0.2, -0.15) is 13.2 Å². The van der Waals surface area contributed by atoms with Crippen molar-refractivity contribution in [2.45, 2.75) is 12.2 Å². The number of nitrogens with zero attached hydrogens (tertiary/aromatic N) is 1. The molecular weight excluding hydrogens is 418 g/mol. The molecule has 0 saturated carbocycles. The Morgan fingerprint density at radius 1 is 1.13 bits per heavy atom. The van der Waals surface area contributed by atoms with Crippen molar-refractivity contribution in [1.29, 1.82) is 0 Å². The van der Waals surface area contributed by atoms with E-state index in [9.17, 15) is 13.2 Å². The predicted molar refractivity (Wildman–Crippen MR) is 93.7 cm³/mol. The number of hydrogen-bond acceptors (Lipinski definition) is 2. The monoisotopic (exact) mass is 433 g/mol. The van der Waals surface area contributed by atoms with Crippen LogP contribution in [0.2, 0.25) is 0 Å². The molecule has 1 aromatic carbocycles. The molecule has 2 heterocycles. The molecule has 130 valence electrons. The first-order valence-corrected chi connectivity index (χ1v) is 7.54. The number of nitrogens with one attached hydrogen (secondary N) is 2. The highest BCUT2D eigenvalue weighted by Gasteiger charge is 2.45. The largest absolute Gasteiger partial charge is 0.408 e. The number of benzene rings is 1. The number of H-pyrrole nitrogens is 1. The van der Waals surface area contributed by atoms with E-state index in [-0.39, 0.29) is 24.8 Å². The Morgan fingerprint density at radius 2 is 1.78 bits per heavy atom. The Bertz CT molecular complexity index is 642. The van der Waals surface area contributed by atoms with Crippen molar-refractivity contribution in [3.05, 3.63) is 34.4 Å². The molecule has 23 heavy (non-hydrogen) atoms. The summed E-state index contributed by atoms with van der Waals surface area (Å²) < 4.78 is 41.6. The van der Waals surface area contributed by atoms with Gasteiger partial charge in [-0.05, 0) is 18.2 Å². The predicted octanol–water partition coefficient (Wildman–Crippen LogP) is 4.28. The summed E-state index contributed by atoms with van der Waals surface area (Å²) in [5.74, 6) is 0. The summed E-state index contributed by atoms with van der Waals surface area (Å²) >= 11 is 3.33. The Kier molecular flexibility index (Phi) is 7.22. The van der Waals surface area contributed by atoms with Gasteiger partial charge in [-0.1, -0.05) is 15.9 Å². The quantitative estimate of drug-likeness (QED) is 0.738. The average molecular weight is 435 g/mol. The zero-order valence-electron chi connectivity index (χ0n) is 12.0. The maximum atomic E-state index is 13.6. The highest BCUT2D eigenvalue weighted by atomic mass is 79.9. The molecule has 0 amide bonds. The minimum absolute atomic E-state index is 0. The SMILES string of the molecule is Cl.Cl.FC(F)(F)[C@H](c1c[nH]c2ccc(Br)cc12)N1CCNCC1. The van der Waals surface area contributed by atoms with Gasteiger partial charge < -0.3 is 10.3 Å². The van der Waals surface area contributed by atoms with Gasteiger partial charge >= 0.3 is 6.18 Å². The number of fused-ring (bicyclic) bond motifs is 1. The van der Waals surface area contributed by atoms with Crippen LogP contribution in [0.5, 0.6) is 0 Å². The van der Waals surface area contributed by atoms with Gasteiger partial charge in [0.1, 0.15) is 6.04 Å². The van der Waals surface area contributed by atoms with E-state index >= 15 is 0 Å². The third-order valence-corrected chi connectivity index (χ3v) is 4.29. The van der Waals surface area contributed by atoms with Gasteiger partial charge in [0.05, 0.1) is 0 Å². The second-order valence-electron chi connectivity index (χ2n) is 5.16. The molecule has 0 unspecified atom stereocenters. The number of alkyl halides is 3. The Hall–Kier alpha value is -0.470. The summed E-state index contributed by atoms with van der Waals surface area (Å²) in [7, 11) is 0. The van der Waals surface area contributed by atoms with Crippen molar-refractivity contribution < 1.29 is 13.2 Å². The molecule has 3 nitrogen and oxygen atoms in total. The first kappa shape index (κ1) is 20.6. The van der Waals surface area contributed by atoms with Crippen molar-refractivity contribution in [3.63, 3.8) is 0 Å². The second-order valence-corrected chi connectivity index (χ2v) is 6.08. The number of halogens is 6. The van der Waals surface area contributed by atoms with Crippen LogP contribution in [-0.2, 0) is 0 Å². The van der Waals surface area contributed by atoms with Crippen LogP contribution in [-0.4, -0.2) is 42.2 Å². The molecule has 1 aliphatic heterocycles. The summed E-state index contributed by atoms with van der Waals surface area (Å²) in [6.45, 7) is 1.95. The van der Waals surface area contributed by atoms with Crippen molar-refractivity contribution in [3.8, 4) is 0 Å². The zero-order chi connectivity index (χ0) is 15.0. The van der Waals surface area contributed by atoms with E-state index in [1.807, 2.05) is 6.07 Å². The lowest BCUT2D eigenvalue weighted by Crippen LogP contribution is -2.49. The van der Waals surface area contributed by atoms with E-state index in [0.29, 0.717) is 37.1 Å². The standard InChI is InChI=1S/C14H15BrF3N3.2ClH/c15-9-1-2-12-10(7-9)11(8-20-12)13(14(16,17)18)21-5-3-19-4-6-21;;/h1-2,7-8,13,19-20H,3-6H2;2*1H/t13-;;/m0../s1. The van der Waals surface area contributed by atoms with E-state index in [4.69, 9.17) is 0 Å². The fourth-order valence-electron chi connectivity index (χ4n) is 2.86. The first-order chi connectivity index (χ1) is 9.97. The van der Waals surface area contributed by atoms with Crippen molar-refractivity contribution in [1.82, 2.24) is 15.2 Å². The summed E-state index contributed by atoms with van der Waals surface area (Å²) in [5, 5.41) is 3.70. The molecule has 1 saturated heterocycles. The Balaban J connectivity index is 0.00000132. The van der Waals surface area contributed by atoms with E-state index < -0.39 is 12.2 Å². The number of aromatic nitrogens is 1. The topological polar surface area (TPSA) is 31.1 Å². The van der Waals surface area contributed by atoms with Crippen molar-refractivity contribution >= 4 is 51.6 Å². The molecule has 2 N–H and O–H groups in total. The molecule has 9 heteroatoms. The smallest absolute Gasteiger partial charge is 0.361 e. The van der Waals surface area contributed by atoms with Crippen molar-refractivity contribution in [2.24, 2.45) is 0 Å². The fraction of sp³-hybridized carbons (Fsp3) is 0.429. The van der Waals surface area contributed by atoms with Crippen LogP contribution in [0.4, 0.5) is 13.2 Å². The van der Waals surface area contributed by atoms with E-state index in [1.165, 1.54) is 11.1 Å². The number of hydrogen-bond donors (Lipinski definition) is 2. The molecule has 2 aromatic rings. The number of piperazine rings is 1. The normalized spacial score (nSPS) is 17.4. The highest BCUT2D eigenvalue weighted by molar-refractivity contribution is 9.10. The van der Waals surface area contributed by atoms with Gasteiger partial charge in [0.15, 0.2) is 0 Å². The van der Waals surface area contributed by atoms with Crippen LogP contribution in [0.3, 0.4) is 0 Å². The molecule has 0 bridgehead atoms. The first-order valence-electron chi connectivity index (χ1n) is 6.75. The third-order valence-electron chi connectivity index (χ3n) is 3.80. The molecule has 0 spiro atoms. The Morgan fingerprint density at radius 3 is 2.39 bits per heavy atom. The van der Waals surface area contributed by atoms with E-state index in [0.717, 1.165) is 9.99 Å². The van der Waals surface area contributed by atoms with Gasteiger partial charge in [-0.25, -0.2) is 0 Å². The van der Waals surface area contributed by atoms with Gasteiger partial charge in [0.25, 0.3) is 0 Å². The van der Waals surface area contributed by atoms with E-state index in [2.05, 4.69) is 26.2 Å². The molecule has 3 rings (SSSR count). The lowest BCUT2D eigenvalue weighted by atomic mass is 10.0. The molecule has 1 fully saturated rings. The second kappa shape index (κ2) is 8.07. The molecule has 0 aliphatic carbocycles. The van der Waals surface area contributed by atoms with Crippen LogP contribution in [0.15, 0.2) is 28.9 Å². The Labute approximate surface area is 152 Å². The number of rotatable bonds is 2. The zero-order valence-corrected chi connectivity index (χ0v) is 15.2. The lowest BCUT2D eigenvalue weighted by molar-refractivity contribution is -0.187. The van der Waals surface area contributed by atoms with Crippen LogP contribution < -0.4 is 5.32 Å². The van der Waals surface area contributed by atoms with Crippen LogP contribution in [0.1, 0.15) is 11.6 Å². The maximum absolute atomic E-state index is 13.6. The van der Waals surface area contributed by atoms with E-state index in [1.54, 1.807) is 12.1 Å². The summed E-state index contributed by atoms with van der Waals surface area (Å²) in [5.41, 5.74) is 1.01. The molecule has 0 radical (unpaired) electrons.